The summed E-state index contributed by atoms with van der Waals surface area (Å²) in [4.78, 5) is 36.4. The Labute approximate surface area is 241 Å². The van der Waals surface area contributed by atoms with E-state index in [4.69, 9.17) is 16.7 Å². The number of aromatic nitrogens is 7. The highest BCUT2D eigenvalue weighted by atomic mass is 35.5. The minimum atomic E-state index is -0.208. The summed E-state index contributed by atoms with van der Waals surface area (Å²) in [7, 11) is 3.61. The average molecular weight is 574 g/mol. The number of pyridine rings is 2. The topological polar surface area (TPSA) is 116 Å². The molecule has 1 amide bonds. The fourth-order valence-corrected chi connectivity index (χ4v) is 6.09. The first kappa shape index (κ1) is 26.9. The predicted molar refractivity (Wildman–Crippen MR) is 159 cm³/mol. The van der Waals surface area contributed by atoms with Crippen molar-refractivity contribution in [2.75, 3.05) is 18.4 Å². The first-order chi connectivity index (χ1) is 19.6. The van der Waals surface area contributed by atoms with Crippen LogP contribution in [0.15, 0.2) is 41.6 Å². The van der Waals surface area contributed by atoms with Crippen LogP contribution in [0.2, 0.25) is 5.15 Å². The van der Waals surface area contributed by atoms with Gasteiger partial charge in [-0.2, -0.15) is 5.10 Å². The highest BCUT2D eigenvalue weighted by Gasteiger charge is 2.27. The number of halogens is 1. The van der Waals surface area contributed by atoms with Crippen molar-refractivity contribution in [3.63, 3.8) is 0 Å². The Balaban J connectivity index is 1.46. The van der Waals surface area contributed by atoms with E-state index in [1.54, 1.807) is 35.6 Å². The Morgan fingerprint density at radius 3 is 2.59 bits per heavy atom. The number of aryl methyl sites for hydroxylation is 3. The van der Waals surface area contributed by atoms with Crippen LogP contribution in [0.3, 0.4) is 0 Å². The van der Waals surface area contributed by atoms with Gasteiger partial charge in [0.1, 0.15) is 22.8 Å². The number of nitrogens with zero attached hydrogens (tertiary/aromatic N) is 8. The predicted octanol–water partition coefficient (Wildman–Crippen LogP) is 4.40. The molecule has 5 aromatic rings. The summed E-state index contributed by atoms with van der Waals surface area (Å²) in [6.07, 6.45) is 5.06. The van der Waals surface area contributed by atoms with Crippen LogP contribution in [-0.2, 0) is 18.9 Å². The molecule has 0 radical (unpaired) electrons. The van der Waals surface area contributed by atoms with Gasteiger partial charge in [-0.05, 0) is 56.0 Å². The number of benzene rings is 1. The van der Waals surface area contributed by atoms with Gasteiger partial charge in [0.2, 0.25) is 11.7 Å². The van der Waals surface area contributed by atoms with Crippen LogP contribution < -0.4 is 10.9 Å². The van der Waals surface area contributed by atoms with Gasteiger partial charge in [0.25, 0.3) is 5.56 Å². The molecule has 0 spiro atoms. The fraction of sp³-hybridized carbons (Fsp3) is 0.379. The van der Waals surface area contributed by atoms with E-state index < -0.39 is 0 Å². The number of hydrogen-bond acceptors (Lipinski definition) is 7. The number of amides is 1. The number of anilines is 1. The van der Waals surface area contributed by atoms with Crippen molar-refractivity contribution >= 4 is 45.0 Å². The first-order valence-electron chi connectivity index (χ1n) is 13.7. The van der Waals surface area contributed by atoms with Crippen LogP contribution in [0, 0.1) is 6.92 Å². The van der Waals surface area contributed by atoms with Gasteiger partial charge < -0.3 is 10.2 Å². The van der Waals surface area contributed by atoms with Gasteiger partial charge in [-0.25, -0.2) is 14.6 Å². The molecule has 0 bridgehead atoms. The van der Waals surface area contributed by atoms with Crippen molar-refractivity contribution < 1.29 is 4.79 Å². The molecule has 1 N–H and O–H groups in total. The third kappa shape index (κ3) is 4.73. The van der Waals surface area contributed by atoms with Crippen molar-refractivity contribution in [3.05, 3.63) is 63.4 Å². The smallest absolute Gasteiger partial charge is 0.259 e. The maximum atomic E-state index is 13.8. The Kier molecular flexibility index (Phi) is 6.77. The van der Waals surface area contributed by atoms with E-state index in [1.807, 2.05) is 41.9 Å². The molecule has 5 heterocycles. The zero-order valence-corrected chi connectivity index (χ0v) is 24.5. The summed E-state index contributed by atoms with van der Waals surface area (Å²) in [5, 5.41) is 15.6. The number of carbonyl (C=O) groups excluding carboxylic acids is 1. The van der Waals surface area contributed by atoms with Crippen LogP contribution in [0.25, 0.3) is 33.3 Å². The van der Waals surface area contributed by atoms with Crippen molar-refractivity contribution in [1.29, 1.82) is 0 Å². The van der Waals surface area contributed by atoms with E-state index >= 15 is 0 Å². The molecule has 1 fully saturated rings. The van der Waals surface area contributed by atoms with Crippen LogP contribution >= 0.6 is 11.6 Å². The second-order valence-electron chi connectivity index (χ2n) is 10.8. The first-order valence-corrected chi connectivity index (χ1v) is 14.0. The number of carbonyl (C=O) groups is 1. The summed E-state index contributed by atoms with van der Waals surface area (Å²) in [6.45, 7) is 7.02. The number of rotatable bonds is 5. The lowest BCUT2D eigenvalue weighted by Gasteiger charge is -2.31. The van der Waals surface area contributed by atoms with Gasteiger partial charge in [-0.15, -0.1) is 5.10 Å². The van der Waals surface area contributed by atoms with Crippen molar-refractivity contribution in [1.82, 2.24) is 39.0 Å². The van der Waals surface area contributed by atoms with E-state index in [9.17, 15) is 9.59 Å². The Bertz CT molecular complexity index is 1860. The summed E-state index contributed by atoms with van der Waals surface area (Å²) in [5.74, 6) is 0.554. The average Bonchev–Trinajstić information content (AvgIpc) is 3.59. The largest absolute Gasteiger partial charge is 0.377 e. The monoisotopic (exact) mass is 573 g/mol. The molecule has 1 aromatic carbocycles. The van der Waals surface area contributed by atoms with Crippen molar-refractivity contribution in [3.8, 4) is 11.5 Å². The Morgan fingerprint density at radius 1 is 1.15 bits per heavy atom. The summed E-state index contributed by atoms with van der Waals surface area (Å²) in [6, 6.07) is 7.55. The van der Waals surface area contributed by atoms with Gasteiger partial charge in [-0.1, -0.05) is 17.7 Å². The number of fused-ring (bicyclic) bond motifs is 3. The second-order valence-corrected chi connectivity index (χ2v) is 11.2. The molecule has 4 aromatic heterocycles. The van der Waals surface area contributed by atoms with Crippen LogP contribution in [-0.4, -0.2) is 58.0 Å². The molecule has 6 rings (SSSR count). The van der Waals surface area contributed by atoms with Crippen LogP contribution in [0.5, 0.6) is 0 Å². The molecule has 1 saturated heterocycles. The van der Waals surface area contributed by atoms with Gasteiger partial charge >= 0.3 is 0 Å². The summed E-state index contributed by atoms with van der Waals surface area (Å²) < 4.78 is 5.30. The maximum absolute atomic E-state index is 13.8. The molecule has 12 heteroatoms. The summed E-state index contributed by atoms with van der Waals surface area (Å²) in [5.41, 5.74) is 3.96. The maximum Gasteiger partial charge on any atom is 0.259 e. The lowest BCUT2D eigenvalue weighted by molar-refractivity contribution is -0.130. The van der Waals surface area contributed by atoms with Crippen molar-refractivity contribution in [2.24, 2.45) is 14.1 Å². The molecule has 212 valence electrons. The van der Waals surface area contributed by atoms with E-state index in [-0.39, 0.29) is 23.6 Å². The standard InChI is InChI=1S/C29H32ClN9O2/c1-16-12-20(17(2)33-23-6-7-24(30)34-26(23)27-31-15-36(4)35-27)25-21(13-16)29(41)37(5)28-22(25)14-32-39(28)19-8-10-38(11-9-19)18(3)40/h6-7,12-15,17,19,33H,8-11H2,1-5H3. The van der Waals surface area contributed by atoms with E-state index in [0.717, 1.165) is 46.1 Å². The lowest BCUT2D eigenvalue weighted by atomic mass is 9.95. The summed E-state index contributed by atoms with van der Waals surface area (Å²) >= 11 is 6.25. The third-order valence-electron chi connectivity index (χ3n) is 7.97. The molecular weight excluding hydrogens is 542 g/mol. The molecule has 1 aliphatic rings. The zero-order chi connectivity index (χ0) is 29.0. The molecule has 41 heavy (non-hydrogen) atoms. The molecule has 11 nitrogen and oxygen atoms in total. The molecule has 0 aliphatic carbocycles. The SMILES string of the molecule is CC(=O)N1CCC(n2ncc3c4c(C(C)Nc5ccc(Cl)nc5-c5ncn(C)n5)cc(C)cc4c(=O)n(C)c32)CC1. The number of hydrogen-bond donors (Lipinski definition) is 1. The van der Waals surface area contributed by atoms with E-state index in [0.29, 0.717) is 35.1 Å². The normalized spacial score (nSPS) is 15.1. The highest BCUT2D eigenvalue weighted by molar-refractivity contribution is 6.29. The Hall–Kier alpha value is -4.25. The van der Waals surface area contributed by atoms with Gasteiger partial charge in [0.15, 0.2) is 0 Å². The molecule has 1 aliphatic heterocycles. The third-order valence-corrected chi connectivity index (χ3v) is 8.18. The lowest BCUT2D eigenvalue weighted by Crippen LogP contribution is -2.38. The molecule has 1 atom stereocenters. The minimum absolute atomic E-state index is 0.0703. The van der Waals surface area contributed by atoms with Gasteiger partial charge in [0.05, 0.1) is 17.9 Å². The van der Waals surface area contributed by atoms with Crippen LogP contribution in [0.1, 0.15) is 49.9 Å². The van der Waals surface area contributed by atoms with E-state index in [2.05, 4.69) is 33.4 Å². The van der Waals surface area contributed by atoms with Crippen molar-refractivity contribution in [2.45, 2.75) is 45.7 Å². The fourth-order valence-electron chi connectivity index (χ4n) is 5.94. The number of nitrogens with one attached hydrogen (secondary N) is 1. The second kappa shape index (κ2) is 10.3. The van der Waals surface area contributed by atoms with E-state index in [1.165, 1.54) is 0 Å². The highest BCUT2D eigenvalue weighted by Crippen LogP contribution is 2.36. The number of piperidine rings is 1. The minimum Gasteiger partial charge on any atom is -0.377 e. The molecule has 1 unspecified atom stereocenters. The molecular formula is C29H32ClN9O2. The van der Waals surface area contributed by atoms with Gasteiger partial charge in [0, 0.05) is 56.3 Å². The number of likely N-dealkylation sites (tertiary alicyclic amines) is 1. The van der Waals surface area contributed by atoms with Gasteiger partial charge in [-0.3, -0.25) is 18.8 Å². The molecule has 0 saturated carbocycles. The Morgan fingerprint density at radius 2 is 1.90 bits per heavy atom. The zero-order valence-electron chi connectivity index (χ0n) is 23.7. The van der Waals surface area contributed by atoms with Crippen LogP contribution in [0.4, 0.5) is 5.69 Å². The quantitative estimate of drug-likeness (QED) is 0.310.